The second-order valence-corrected chi connectivity index (χ2v) is 8.34. The lowest BCUT2D eigenvalue weighted by molar-refractivity contribution is 0.0233. The smallest absolute Gasteiger partial charge is 0.275 e. The molecule has 0 saturated heterocycles. The zero-order valence-electron chi connectivity index (χ0n) is 16.2. The summed E-state index contributed by atoms with van der Waals surface area (Å²) in [7, 11) is -3.83. The summed E-state index contributed by atoms with van der Waals surface area (Å²) >= 11 is 0. The molecular formula is C22H22N2O4S. The van der Waals surface area contributed by atoms with Crippen LogP contribution in [0.5, 0.6) is 0 Å². The Morgan fingerprint density at radius 1 is 0.931 bits per heavy atom. The standard InChI is InChI=1S/C22H22N2O4S/c1-16-8-11-19(12-9-16)24-29(26,27)20-13-10-17(2)21(14-20)22(25)23-28-15-18-6-4-3-5-7-18/h3-14,24H,15H2,1-2H3,(H,23,25). The van der Waals surface area contributed by atoms with E-state index in [2.05, 4.69) is 10.2 Å². The highest BCUT2D eigenvalue weighted by molar-refractivity contribution is 7.92. The second kappa shape index (κ2) is 8.89. The van der Waals surface area contributed by atoms with E-state index in [1.165, 1.54) is 12.1 Å². The molecule has 0 spiro atoms. The van der Waals surface area contributed by atoms with Crippen molar-refractivity contribution in [3.63, 3.8) is 0 Å². The lowest BCUT2D eigenvalue weighted by Crippen LogP contribution is -2.25. The lowest BCUT2D eigenvalue weighted by Gasteiger charge is -2.12. The number of hydrogen-bond acceptors (Lipinski definition) is 4. The van der Waals surface area contributed by atoms with E-state index in [0.717, 1.165) is 11.1 Å². The van der Waals surface area contributed by atoms with Crippen molar-refractivity contribution in [1.82, 2.24) is 5.48 Å². The van der Waals surface area contributed by atoms with Crippen LogP contribution in [0.3, 0.4) is 0 Å². The number of aryl methyl sites for hydroxylation is 2. The minimum atomic E-state index is -3.83. The Balaban J connectivity index is 1.72. The largest absolute Gasteiger partial charge is 0.280 e. The number of hydroxylamine groups is 1. The topological polar surface area (TPSA) is 84.5 Å². The Morgan fingerprint density at radius 2 is 1.62 bits per heavy atom. The third kappa shape index (κ3) is 5.43. The zero-order valence-corrected chi connectivity index (χ0v) is 17.0. The van der Waals surface area contributed by atoms with Gasteiger partial charge in [0.1, 0.15) is 0 Å². The molecule has 0 aromatic heterocycles. The summed E-state index contributed by atoms with van der Waals surface area (Å²) in [6, 6.07) is 20.8. The maximum absolute atomic E-state index is 12.7. The molecule has 1 amide bonds. The van der Waals surface area contributed by atoms with Crippen LogP contribution in [0.2, 0.25) is 0 Å². The van der Waals surface area contributed by atoms with Crippen LogP contribution in [0.15, 0.2) is 77.7 Å². The molecule has 0 atom stereocenters. The summed E-state index contributed by atoms with van der Waals surface area (Å²) in [6.07, 6.45) is 0. The lowest BCUT2D eigenvalue weighted by atomic mass is 10.1. The van der Waals surface area contributed by atoms with E-state index in [-0.39, 0.29) is 17.1 Å². The molecular weight excluding hydrogens is 388 g/mol. The number of rotatable bonds is 7. The van der Waals surface area contributed by atoms with Gasteiger partial charge in [0.05, 0.1) is 11.5 Å². The highest BCUT2D eigenvalue weighted by atomic mass is 32.2. The molecule has 3 rings (SSSR count). The van der Waals surface area contributed by atoms with Crippen LogP contribution in [0.4, 0.5) is 5.69 Å². The summed E-state index contributed by atoms with van der Waals surface area (Å²) in [5.41, 5.74) is 5.62. The van der Waals surface area contributed by atoms with E-state index in [1.54, 1.807) is 25.1 Å². The highest BCUT2D eigenvalue weighted by Crippen LogP contribution is 2.20. The predicted octanol–water partition coefficient (Wildman–Crippen LogP) is 3.97. The van der Waals surface area contributed by atoms with Gasteiger partial charge in [0.15, 0.2) is 0 Å². The van der Waals surface area contributed by atoms with Crippen LogP contribution in [0.1, 0.15) is 27.0 Å². The Labute approximate surface area is 170 Å². The van der Waals surface area contributed by atoms with Crippen molar-refractivity contribution in [2.24, 2.45) is 0 Å². The third-order valence-electron chi connectivity index (χ3n) is 4.31. The highest BCUT2D eigenvalue weighted by Gasteiger charge is 2.18. The third-order valence-corrected chi connectivity index (χ3v) is 5.69. The molecule has 7 heteroatoms. The van der Waals surface area contributed by atoms with Gasteiger partial charge in [0.25, 0.3) is 15.9 Å². The first kappa shape index (κ1) is 20.6. The van der Waals surface area contributed by atoms with Crippen LogP contribution in [0, 0.1) is 13.8 Å². The van der Waals surface area contributed by atoms with E-state index >= 15 is 0 Å². The molecule has 0 saturated carbocycles. The number of anilines is 1. The molecule has 0 bridgehead atoms. The average Bonchev–Trinajstić information content (AvgIpc) is 2.70. The first-order valence-electron chi connectivity index (χ1n) is 9.01. The van der Waals surface area contributed by atoms with Gasteiger partial charge in [-0.3, -0.25) is 14.4 Å². The molecule has 2 N–H and O–H groups in total. The van der Waals surface area contributed by atoms with Crippen molar-refractivity contribution < 1.29 is 18.0 Å². The number of hydrogen-bond donors (Lipinski definition) is 2. The first-order valence-corrected chi connectivity index (χ1v) is 10.5. The Hall–Kier alpha value is -3.16. The SMILES string of the molecule is Cc1ccc(NS(=O)(=O)c2ccc(C)c(C(=O)NOCc3ccccc3)c2)cc1. The Kier molecular flexibility index (Phi) is 6.31. The van der Waals surface area contributed by atoms with E-state index in [4.69, 9.17) is 4.84 Å². The summed E-state index contributed by atoms with van der Waals surface area (Å²) in [5, 5.41) is 0. The molecule has 0 aliphatic heterocycles. The number of carbonyl (C=O) groups excluding carboxylic acids is 1. The van der Waals surface area contributed by atoms with Gasteiger partial charge in [-0.1, -0.05) is 54.1 Å². The minimum absolute atomic E-state index is 0.00288. The van der Waals surface area contributed by atoms with Gasteiger partial charge in [-0.25, -0.2) is 13.9 Å². The van der Waals surface area contributed by atoms with Crippen molar-refractivity contribution in [2.75, 3.05) is 4.72 Å². The number of amides is 1. The van der Waals surface area contributed by atoms with Gasteiger partial charge in [0.2, 0.25) is 0 Å². The summed E-state index contributed by atoms with van der Waals surface area (Å²) < 4.78 is 27.9. The normalized spacial score (nSPS) is 11.1. The Bertz CT molecular complexity index is 1100. The number of carbonyl (C=O) groups is 1. The predicted molar refractivity (Wildman–Crippen MR) is 112 cm³/mol. The van der Waals surface area contributed by atoms with Gasteiger partial charge in [-0.05, 0) is 49.2 Å². The van der Waals surface area contributed by atoms with E-state index in [1.807, 2.05) is 49.4 Å². The van der Waals surface area contributed by atoms with Crippen molar-refractivity contribution in [3.8, 4) is 0 Å². The molecule has 3 aromatic carbocycles. The first-order chi connectivity index (χ1) is 13.8. The van der Waals surface area contributed by atoms with E-state index in [9.17, 15) is 13.2 Å². The molecule has 0 radical (unpaired) electrons. The zero-order chi connectivity index (χ0) is 20.9. The minimum Gasteiger partial charge on any atom is -0.280 e. The summed E-state index contributed by atoms with van der Waals surface area (Å²) in [4.78, 5) is 17.7. The maximum atomic E-state index is 12.7. The summed E-state index contributed by atoms with van der Waals surface area (Å²) in [6.45, 7) is 3.86. The van der Waals surface area contributed by atoms with Gasteiger partial charge >= 0.3 is 0 Å². The van der Waals surface area contributed by atoms with E-state index in [0.29, 0.717) is 11.3 Å². The fourth-order valence-electron chi connectivity index (χ4n) is 2.66. The molecule has 150 valence electrons. The molecule has 0 aliphatic carbocycles. The fourth-order valence-corrected chi connectivity index (χ4v) is 3.75. The molecule has 0 unspecified atom stereocenters. The average molecular weight is 410 g/mol. The van der Waals surface area contributed by atoms with Crippen LogP contribution >= 0.6 is 0 Å². The van der Waals surface area contributed by atoms with Crippen molar-refractivity contribution in [1.29, 1.82) is 0 Å². The summed E-state index contributed by atoms with van der Waals surface area (Å²) in [5.74, 6) is -0.509. The van der Waals surface area contributed by atoms with Crippen LogP contribution in [0.25, 0.3) is 0 Å². The van der Waals surface area contributed by atoms with Crippen LogP contribution < -0.4 is 10.2 Å². The van der Waals surface area contributed by atoms with Gasteiger partial charge in [-0.15, -0.1) is 0 Å². The number of sulfonamides is 1. The molecule has 0 aliphatic rings. The number of benzene rings is 3. The molecule has 3 aromatic rings. The van der Waals surface area contributed by atoms with Gasteiger partial charge in [-0.2, -0.15) is 0 Å². The molecule has 0 fully saturated rings. The maximum Gasteiger partial charge on any atom is 0.275 e. The quantitative estimate of drug-likeness (QED) is 0.578. The fraction of sp³-hybridized carbons (Fsp3) is 0.136. The Morgan fingerprint density at radius 3 is 2.31 bits per heavy atom. The van der Waals surface area contributed by atoms with Gasteiger partial charge in [0, 0.05) is 11.3 Å². The van der Waals surface area contributed by atoms with Gasteiger partial charge < -0.3 is 0 Å². The van der Waals surface area contributed by atoms with Crippen molar-refractivity contribution in [2.45, 2.75) is 25.3 Å². The monoisotopic (exact) mass is 410 g/mol. The van der Waals surface area contributed by atoms with Crippen LogP contribution in [-0.4, -0.2) is 14.3 Å². The van der Waals surface area contributed by atoms with E-state index < -0.39 is 15.9 Å². The van der Waals surface area contributed by atoms with Crippen molar-refractivity contribution >= 4 is 21.6 Å². The molecule has 29 heavy (non-hydrogen) atoms. The second-order valence-electron chi connectivity index (χ2n) is 6.65. The molecule has 6 nitrogen and oxygen atoms in total. The molecule has 0 heterocycles. The number of nitrogens with one attached hydrogen (secondary N) is 2. The van der Waals surface area contributed by atoms with Crippen molar-refractivity contribution in [3.05, 3.63) is 95.1 Å². The van der Waals surface area contributed by atoms with Crippen LogP contribution in [-0.2, 0) is 21.5 Å².